The van der Waals surface area contributed by atoms with Crippen LogP contribution in [0.1, 0.15) is 23.2 Å². The number of nitriles is 1. The van der Waals surface area contributed by atoms with E-state index in [9.17, 15) is 8.78 Å². The third kappa shape index (κ3) is 2.10. The first-order chi connectivity index (χ1) is 6.61. The minimum absolute atomic E-state index is 0.0514. The highest BCUT2D eigenvalue weighted by molar-refractivity contribution is 9.10. The van der Waals surface area contributed by atoms with Crippen LogP contribution in [0.15, 0.2) is 10.7 Å². The molecule has 0 N–H and O–H groups in total. The average molecular weight is 326 g/mol. The van der Waals surface area contributed by atoms with Crippen LogP contribution in [0.25, 0.3) is 0 Å². The van der Waals surface area contributed by atoms with Crippen molar-refractivity contribution in [3.8, 4) is 6.07 Å². The zero-order chi connectivity index (χ0) is 10.7. The van der Waals surface area contributed by atoms with Crippen LogP contribution in [0.5, 0.6) is 0 Å². The van der Waals surface area contributed by atoms with Gasteiger partial charge in [0.2, 0.25) is 0 Å². The second kappa shape index (κ2) is 4.80. The fourth-order valence-corrected chi connectivity index (χ4v) is 2.27. The van der Waals surface area contributed by atoms with E-state index in [2.05, 4.69) is 36.8 Å². The number of pyridine rings is 1. The van der Waals surface area contributed by atoms with Gasteiger partial charge in [-0.05, 0) is 15.9 Å². The molecule has 0 atom stereocenters. The van der Waals surface area contributed by atoms with Crippen LogP contribution < -0.4 is 0 Å². The molecule has 14 heavy (non-hydrogen) atoms. The molecule has 0 spiro atoms. The Balaban J connectivity index is 3.38. The summed E-state index contributed by atoms with van der Waals surface area (Å²) in [5, 5.41) is 9.12. The minimum atomic E-state index is -2.68. The summed E-state index contributed by atoms with van der Waals surface area (Å²) < 4.78 is 25.1. The van der Waals surface area contributed by atoms with Gasteiger partial charge in [0.1, 0.15) is 6.07 Å². The molecule has 6 heteroatoms. The lowest BCUT2D eigenvalue weighted by atomic mass is 10.1. The van der Waals surface area contributed by atoms with Crippen LogP contribution in [-0.4, -0.2) is 4.98 Å². The van der Waals surface area contributed by atoms with E-state index >= 15 is 0 Å². The second-order valence-electron chi connectivity index (χ2n) is 2.40. The van der Waals surface area contributed by atoms with Crippen LogP contribution >= 0.6 is 31.9 Å². The Morgan fingerprint density at radius 3 is 2.64 bits per heavy atom. The molecule has 0 bridgehead atoms. The van der Waals surface area contributed by atoms with Gasteiger partial charge in [-0.3, -0.25) is 4.98 Å². The molecule has 0 aromatic carbocycles. The molecule has 0 amide bonds. The molecule has 0 aliphatic heterocycles. The maximum atomic E-state index is 12.4. The summed E-state index contributed by atoms with van der Waals surface area (Å²) in [6, 6.07) is 1.73. The number of nitrogens with zero attached hydrogens (tertiary/aromatic N) is 2. The first-order valence-electron chi connectivity index (χ1n) is 3.53. The smallest absolute Gasteiger partial charge is 0.259 e. The molecule has 74 valence electrons. The second-order valence-corrected chi connectivity index (χ2v) is 3.75. The first kappa shape index (κ1) is 11.5. The summed E-state index contributed by atoms with van der Waals surface area (Å²) in [5.41, 5.74) is 0.138. The van der Waals surface area contributed by atoms with E-state index in [1.807, 2.05) is 0 Å². The molecule has 1 heterocycles. The predicted octanol–water partition coefficient (Wildman–Crippen LogP) is 3.55. The van der Waals surface area contributed by atoms with Crippen LogP contribution in [0.4, 0.5) is 8.78 Å². The Bertz CT molecular complexity index is 388. The lowest BCUT2D eigenvalue weighted by Crippen LogP contribution is -1.98. The lowest BCUT2D eigenvalue weighted by molar-refractivity contribution is 0.150. The summed E-state index contributed by atoms with van der Waals surface area (Å²) in [6.45, 7) is 0. The third-order valence-electron chi connectivity index (χ3n) is 1.59. The van der Waals surface area contributed by atoms with Gasteiger partial charge in [0.15, 0.2) is 0 Å². The molecule has 1 aromatic rings. The summed E-state index contributed by atoms with van der Waals surface area (Å²) in [7, 11) is 0. The molecule has 0 unspecified atom stereocenters. The number of halogens is 4. The quantitative estimate of drug-likeness (QED) is 0.780. The van der Waals surface area contributed by atoms with Gasteiger partial charge in [0, 0.05) is 11.5 Å². The van der Waals surface area contributed by atoms with Gasteiger partial charge in [-0.15, -0.1) is 0 Å². The van der Waals surface area contributed by atoms with Gasteiger partial charge >= 0.3 is 0 Å². The highest BCUT2D eigenvalue weighted by Crippen LogP contribution is 2.29. The van der Waals surface area contributed by atoms with Crippen molar-refractivity contribution >= 4 is 31.9 Å². The number of alkyl halides is 3. The average Bonchev–Trinajstić information content (AvgIpc) is 2.17. The highest BCUT2D eigenvalue weighted by atomic mass is 79.9. The zero-order valence-corrected chi connectivity index (χ0v) is 9.94. The van der Waals surface area contributed by atoms with Gasteiger partial charge < -0.3 is 0 Å². The largest absolute Gasteiger partial charge is 0.266 e. The van der Waals surface area contributed by atoms with Crippen molar-refractivity contribution in [2.45, 2.75) is 11.8 Å². The highest BCUT2D eigenvalue weighted by Gasteiger charge is 2.18. The van der Waals surface area contributed by atoms with Crippen LogP contribution in [0.2, 0.25) is 0 Å². The van der Waals surface area contributed by atoms with E-state index in [0.29, 0.717) is 15.5 Å². The monoisotopic (exact) mass is 324 g/mol. The van der Waals surface area contributed by atoms with E-state index in [1.165, 1.54) is 0 Å². The Morgan fingerprint density at radius 2 is 2.21 bits per heavy atom. The summed E-state index contributed by atoms with van der Waals surface area (Å²) in [4.78, 5) is 3.80. The third-order valence-corrected chi connectivity index (χ3v) is 2.98. The van der Waals surface area contributed by atoms with Gasteiger partial charge in [-0.2, -0.15) is 5.26 Å². The molecule has 0 saturated heterocycles. The molecular weight excluding hydrogens is 322 g/mol. The van der Waals surface area contributed by atoms with Crippen LogP contribution in [0.3, 0.4) is 0 Å². The van der Waals surface area contributed by atoms with E-state index < -0.39 is 6.43 Å². The van der Waals surface area contributed by atoms with Crippen LogP contribution in [0, 0.1) is 11.3 Å². The van der Waals surface area contributed by atoms with Crippen molar-refractivity contribution in [3.63, 3.8) is 0 Å². The van der Waals surface area contributed by atoms with Crippen molar-refractivity contribution in [2.75, 3.05) is 0 Å². The SMILES string of the molecule is N#Cc1c(C(F)F)cnc(CBr)c1Br. The Kier molecular flexibility index (Phi) is 3.96. The normalized spacial score (nSPS) is 10.3. The molecule has 0 radical (unpaired) electrons. The van der Waals surface area contributed by atoms with Crippen molar-refractivity contribution in [2.24, 2.45) is 0 Å². The summed E-state index contributed by atoms with van der Waals surface area (Å²) in [5.74, 6) is 0. The number of aromatic nitrogens is 1. The van der Waals surface area contributed by atoms with E-state index in [4.69, 9.17) is 5.26 Å². The van der Waals surface area contributed by atoms with Gasteiger partial charge in [0.05, 0.1) is 21.3 Å². The summed E-state index contributed by atoms with van der Waals surface area (Å²) >= 11 is 6.22. The molecule has 0 aliphatic carbocycles. The molecule has 0 fully saturated rings. The van der Waals surface area contributed by atoms with E-state index in [1.54, 1.807) is 6.07 Å². The Labute approximate surface area is 96.2 Å². The number of hydrogen-bond donors (Lipinski definition) is 0. The van der Waals surface area contributed by atoms with Crippen molar-refractivity contribution in [1.29, 1.82) is 5.26 Å². The minimum Gasteiger partial charge on any atom is -0.259 e. The molecule has 0 saturated carbocycles. The van der Waals surface area contributed by atoms with Gasteiger partial charge in [-0.1, -0.05) is 15.9 Å². The molecule has 1 aromatic heterocycles. The molecule has 1 rings (SSSR count). The van der Waals surface area contributed by atoms with E-state index in [0.717, 1.165) is 6.20 Å². The van der Waals surface area contributed by atoms with Crippen molar-refractivity contribution < 1.29 is 8.78 Å². The summed E-state index contributed by atoms with van der Waals surface area (Å²) in [6.07, 6.45) is -1.65. The van der Waals surface area contributed by atoms with Gasteiger partial charge in [0.25, 0.3) is 6.43 Å². The number of rotatable bonds is 2. The fraction of sp³-hybridized carbons (Fsp3) is 0.250. The molecule has 2 nitrogen and oxygen atoms in total. The van der Waals surface area contributed by atoms with Crippen LogP contribution in [-0.2, 0) is 5.33 Å². The first-order valence-corrected chi connectivity index (χ1v) is 5.44. The zero-order valence-electron chi connectivity index (χ0n) is 6.77. The Hall–Kier alpha value is -0.540. The van der Waals surface area contributed by atoms with E-state index in [-0.39, 0.29) is 11.1 Å². The fourth-order valence-electron chi connectivity index (χ4n) is 0.912. The van der Waals surface area contributed by atoms with Crippen molar-refractivity contribution in [3.05, 3.63) is 27.5 Å². The van der Waals surface area contributed by atoms with Gasteiger partial charge in [-0.25, -0.2) is 8.78 Å². The Morgan fingerprint density at radius 1 is 1.57 bits per heavy atom. The lowest BCUT2D eigenvalue weighted by Gasteiger charge is -2.06. The number of hydrogen-bond acceptors (Lipinski definition) is 2. The van der Waals surface area contributed by atoms with Crippen molar-refractivity contribution in [1.82, 2.24) is 4.98 Å². The maximum absolute atomic E-state index is 12.4. The molecule has 0 aliphatic rings. The maximum Gasteiger partial charge on any atom is 0.266 e. The predicted molar refractivity (Wildman–Crippen MR) is 54.2 cm³/mol. The molecular formula is C8H4Br2F2N2. The topological polar surface area (TPSA) is 36.7 Å². The standard InChI is InChI=1S/C8H4Br2F2N2/c9-1-6-7(10)4(2-13)5(3-14-6)8(11)12/h3,8H,1H2.